The fraction of sp³-hybridized carbons (Fsp3) is 0.750. The van der Waals surface area contributed by atoms with Crippen molar-refractivity contribution < 1.29 is 0 Å². The second kappa shape index (κ2) is 5.69. The van der Waals surface area contributed by atoms with Gasteiger partial charge in [0.2, 0.25) is 0 Å². The van der Waals surface area contributed by atoms with E-state index in [-0.39, 0.29) is 12.4 Å². The van der Waals surface area contributed by atoms with Crippen LogP contribution in [-0.4, -0.2) is 16.2 Å². The van der Waals surface area contributed by atoms with Crippen molar-refractivity contribution in [2.24, 2.45) is 5.92 Å². The minimum absolute atomic E-state index is 0. The van der Waals surface area contributed by atoms with Gasteiger partial charge >= 0.3 is 0 Å². The Morgan fingerprint density at radius 3 is 2.75 bits per heavy atom. The monoisotopic (exact) mass is 243 g/mol. The molecule has 2 atom stereocenters. The molecule has 0 spiro atoms. The van der Waals surface area contributed by atoms with Crippen molar-refractivity contribution in [2.45, 2.75) is 52.6 Å². The number of hydrogen-bond acceptors (Lipinski definition) is 2. The second-order valence-corrected chi connectivity index (χ2v) is 4.68. The van der Waals surface area contributed by atoms with E-state index in [0.717, 1.165) is 24.2 Å². The Morgan fingerprint density at radius 1 is 1.44 bits per heavy atom. The van der Waals surface area contributed by atoms with Crippen LogP contribution in [0, 0.1) is 19.8 Å². The van der Waals surface area contributed by atoms with E-state index in [9.17, 15) is 0 Å². The van der Waals surface area contributed by atoms with Crippen molar-refractivity contribution in [1.82, 2.24) is 15.5 Å². The summed E-state index contributed by atoms with van der Waals surface area (Å²) in [5.74, 6) is 0.933. The van der Waals surface area contributed by atoms with Crippen LogP contribution in [0.25, 0.3) is 0 Å². The predicted molar refractivity (Wildman–Crippen MR) is 69.0 cm³/mol. The molecular weight excluding hydrogens is 222 g/mol. The summed E-state index contributed by atoms with van der Waals surface area (Å²) in [6.07, 6.45) is 4.05. The molecule has 0 radical (unpaired) electrons. The number of halogens is 1. The molecule has 1 aromatic heterocycles. The number of rotatable bonds is 5. The third-order valence-corrected chi connectivity index (χ3v) is 3.40. The van der Waals surface area contributed by atoms with Crippen molar-refractivity contribution in [3.8, 4) is 0 Å². The van der Waals surface area contributed by atoms with E-state index in [1.54, 1.807) is 0 Å². The third-order valence-electron chi connectivity index (χ3n) is 3.40. The molecule has 1 aliphatic carbocycles. The largest absolute Gasteiger partial charge is 0.309 e. The first-order chi connectivity index (χ1) is 7.22. The Kier molecular flexibility index (Phi) is 4.81. The van der Waals surface area contributed by atoms with Gasteiger partial charge in [-0.15, -0.1) is 12.4 Å². The number of aromatic nitrogens is 2. The van der Waals surface area contributed by atoms with Gasteiger partial charge in [-0.2, -0.15) is 5.10 Å². The number of H-pyrrole nitrogens is 1. The fourth-order valence-electron chi connectivity index (χ4n) is 2.26. The van der Waals surface area contributed by atoms with Crippen LogP contribution < -0.4 is 5.32 Å². The van der Waals surface area contributed by atoms with Crippen molar-refractivity contribution in [3.05, 3.63) is 17.0 Å². The van der Waals surface area contributed by atoms with Gasteiger partial charge in [-0.3, -0.25) is 5.10 Å². The molecule has 4 heteroatoms. The summed E-state index contributed by atoms with van der Waals surface area (Å²) >= 11 is 0. The van der Waals surface area contributed by atoms with Crippen LogP contribution in [0.2, 0.25) is 0 Å². The van der Waals surface area contributed by atoms with Gasteiger partial charge in [-0.1, -0.05) is 13.3 Å². The van der Waals surface area contributed by atoms with Gasteiger partial charge in [0.1, 0.15) is 0 Å². The highest BCUT2D eigenvalue weighted by atomic mass is 35.5. The molecule has 0 saturated heterocycles. The average molecular weight is 244 g/mol. The molecule has 0 aromatic carbocycles. The molecule has 0 amide bonds. The molecule has 1 aromatic rings. The number of nitrogens with one attached hydrogen (secondary N) is 2. The summed E-state index contributed by atoms with van der Waals surface area (Å²) in [6.45, 7) is 7.39. The van der Waals surface area contributed by atoms with Crippen molar-refractivity contribution >= 4 is 12.4 Å². The van der Waals surface area contributed by atoms with E-state index in [1.165, 1.54) is 30.5 Å². The van der Waals surface area contributed by atoms with Crippen LogP contribution >= 0.6 is 12.4 Å². The van der Waals surface area contributed by atoms with Gasteiger partial charge in [0.05, 0.1) is 5.69 Å². The highest BCUT2D eigenvalue weighted by Crippen LogP contribution is 2.34. The van der Waals surface area contributed by atoms with E-state index in [2.05, 4.69) is 36.3 Å². The van der Waals surface area contributed by atoms with Gasteiger partial charge in [0, 0.05) is 23.8 Å². The van der Waals surface area contributed by atoms with E-state index in [1.807, 2.05) is 0 Å². The normalized spacial score (nSPS) is 22.9. The fourth-order valence-corrected chi connectivity index (χ4v) is 2.26. The molecule has 1 fully saturated rings. The predicted octanol–water partition coefficient (Wildman–Crippen LogP) is 2.73. The summed E-state index contributed by atoms with van der Waals surface area (Å²) in [6, 6.07) is 0.763. The Balaban J connectivity index is 0.00000128. The lowest BCUT2D eigenvalue weighted by atomic mass is 10.2. The molecule has 3 nitrogen and oxygen atoms in total. The molecule has 1 aliphatic rings. The summed E-state index contributed by atoms with van der Waals surface area (Å²) in [5, 5.41) is 10.8. The van der Waals surface area contributed by atoms with Gasteiger partial charge in [0.25, 0.3) is 0 Å². The van der Waals surface area contributed by atoms with Gasteiger partial charge in [-0.05, 0) is 32.6 Å². The zero-order valence-electron chi connectivity index (χ0n) is 10.3. The maximum Gasteiger partial charge on any atom is 0.0638 e. The van der Waals surface area contributed by atoms with E-state index < -0.39 is 0 Å². The van der Waals surface area contributed by atoms with Crippen LogP contribution in [0.15, 0.2) is 0 Å². The molecule has 2 N–H and O–H groups in total. The molecule has 1 heterocycles. The molecule has 1 saturated carbocycles. The van der Waals surface area contributed by atoms with Crippen LogP contribution in [-0.2, 0) is 6.54 Å². The lowest BCUT2D eigenvalue weighted by Gasteiger charge is -2.04. The molecule has 2 rings (SSSR count). The molecular formula is C12H22ClN3. The quantitative estimate of drug-likeness (QED) is 0.835. The Hall–Kier alpha value is -0.540. The van der Waals surface area contributed by atoms with Crippen LogP contribution in [0.1, 0.15) is 43.1 Å². The zero-order valence-corrected chi connectivity index (χ0v) is 11.2. The highest BCUT2D eigenvalue weighted by molar-refractivity contribution is 5.85. The molecule has 0 aliphatic heterocycles. The summed E-state index contributed by atoms with van der Waals surface area (Å²) < 4.78 is 0. The number of hydrogen-bond donors (Lipinski definition) is 2. The average Bonchev–Trinajstić information content (AvgIpc) is 2.87. The SMILES string of the molecule is CCCC1CC1NCc1c(C)n[nH]c1C.Cl. The molecule has 16 heavy (non-hydrogen) atoms. The van der Waals surface area contributed by atoms with Gasteiger partial charge in [-0.25, -0.2) is 0 Å². The zero-order chi connectivity index (χ0) is 10.8. The number of aromatic amines is 1. The van der Waals surface area contributed by atoms with Crippen LogP contribution in [0.4, 0.5) is 0 Å². The standard InChI is InChI=1S/C12H21N3.ClH/c1-4-5-10-6-12(10)13-7-11-8(2)14-15-9(11)3;/h10,12-13H,4-7H2,1-3H3,(H,14,15);1H. The minimum Gasteiger partial charge on any atom is -0.309 e. The van der Waals surface area contributed by atoms with Crippen molar-refractivity contribution in [2.75, 3.05) is 0 Å². The van der Waals surface area contributed by atoms with Gasteiger partial charge < -0.3 is 5.32 Å². The van der Waals surface area contributed by atoms with Crippen molar-refractivity contribution in [3.63, 3.8) is 0 Å². The Morgan fingerprint density at radius 2 is 2.19 bits per heavy atom. The summed E-state index contributed by atoms with van der Waals surface area (Å²) in [5.41, 5.74) is 3.68. The highest BCUT2D eigenvalue weighted by Gasteiger charge is 2.35. The first-order valence-corrected chi connectivity index (χ1v) is 5.96. The number of aryl methyl sites for hydroxylation is 2. The minimum atomic E-state index is 0. The maximum absolute atomic E-state index is 4.20. The molecule has 92 valence electrons. The number of nitrogens with zero attached hydrogens (tertiary/aromatic N) is 1. The third kappa shape index (κ3) is 2.98. The molecule has 2 unspecified atom stereocenters. The van der Waals surface area contributed by atoms with Crippen molar-refractivity contribution in [1.29, 1.82) is 0 Å². The summed E-state index contributed by atoms with van der Waals surface area (Å²) in [7, 11) is 0. The maximum atomic E-state index is 4.20. The van der Waals surface area contributed by atoms with E-state index >= 15 is 0 Å². The first-order valence-electron chi connectivity index (χ1n) is 5.96. The lowest BCUT2D eigenvalue weighted by molar-refractivity contribution is 0.597. The first kappa shape index (κ1) is 13.5. The topological polar surface area (TPSA) is 40.7 Å². The molecule has 0 bridgehead atoms. The summed E-state index contributed by atoms with van der Waals surface area (Å²) in [4.78, 5) is 0. The van der Waals surface area contributed by atoms with E-state index in [4.69, 9.17) is 0 Å². The Bertz CT molecular complexity index is 316. The van der Waals surface area contributed by atoms with Crippen LogP contribution in [0.3, 0.4) is 0 Å². The van der Waals surface area contributed by atoms with Crippen LogP contribution in [0.5, 0.6) is 0 Å². The Labute approximate surface area is 104 Å². The van der Waals surface area contributed by atoms with E-state index in [0.29, 0.717) is 0 Å². The lowest BCUT2D eigenvalue weighted by Crippen LogP contribution is -2.18. The second-order valence-electron chi connectivity index (χ2n) is 4.68. The van der Waals surface area contributed by atoms with Gasteiger partial charge in [0.15, 0.2) is 0 Å². The smallest absolute Gasteiger partial charge is 0.0638 e.